The lowest BCUT2D eigenvalue weighted by molar-refractivity contribution is -0.118. The van der Waals surface area contributed by atoms with Crippen LogP contribution in [0.2, 0.25) is 0 Å². The minimum atomic E-state index is -1.37. The number of hydrogen-bond acceptors (Lipinski definition) is 5. The first kappa shape index (κ1) is 13.7. The molecule has 108 valence electrons. The van der Waals surface area contributed by atoms with Crippen molar-refractivity contribution >= 4 is 35.2 Å². The smallest absolute Gasteiger partial charge is 0.449 e. The standard InChI is InChI=1S/C14H12N2O4S/c17-8-16-5-6-21-13(16)11-7-12(20-14(18)19)9-3-1-2-4-10(9)15-11/h1-4,7-8,13H,5-6H2,(H,18,19). The largest absolute Gasteiger partial charge is 0.511 e. The van der Waals surface area contributed by atoms with Gasteiger partial charge in [-0.2, -0.15) is 0 Å². The van der Waals surface area contributed by atoms with Crippen molar-refractivity contribution in [1.29, 1.82) is 0 Å². The third-order valence-electron chi connectivity index (χ3n) is 3.21. The maximum atomic E-state index is 11.1. The van der Waals surface area contributed by atoms with Crippen LogP contribution in [-0.2, 0) is 4.79 Å². The number of para-hydroxylation sites is 1. The van der Waals surface area contributed by atoms with Crippen molar-refractivity contribution in [2.75, 3.05) is 12.3 Å². The maximum absolute atomic E-state index is 11.1. The molecule has 1 unspecified atom stereocenters. The van der Waals surface area contributed by atoms with Gasteiger partial charge in [0.1, 0.15) is 11.1 Å². The van der Waals surface area contributed by atoms with Gasteiger partial charge in [0.05, 0.1) is 11.2 Å². The van der Waals surface area contributed by atoms with Gasteiger partial charge in [0.25, 0.3) is 0 Å². The average Bonchev–Trinajstić information content (AvgIpc) is 2.95. The van der Waals surface area contributed by atoms with Crippen molar-refractivity contribution < 1.29 is 19.4 Å². The van der Waals surface area contributed by atoms with E-state index in [-0.39, 0.29) is 11.1 Å². The molecule has 0 aliphatic carbocycles. The van der Waals surface area contributed by atoms with Crippen LogP contribution in [-0.4, -0.2) is 39.9 Å². The molecule has 0 spiro atoms. The predicted octanol–water partition coefficient (Wildman–Crippen LogP) is 2.50. The van der Waals surface area contributed by atoms with Crippen molar-refractivity contribution in [2.45, 2.75) is 5.37 Å². The molecule has 1 aromatic heterocycles. The molecule has 2 heterocycles. The van der Waals surface area contributed by atoms with E-state index in [9.17, 15) is 9.59 Å². The summed E-state index contributed by atoms with van der Waals surface area (Å²) in [6.45, 7) is 0.655. The highest BCUT2D eigenvalue weighted by Gasteiger charge is 2.27. The lowest BCUT2D eigenvalue weighted by atomic mass is 10.1. The molecule has 0 bridgehead atoms. The summed E-state index contributed by atoms with van der Waals surface area (Å²) in [7, 11) is 0. The Labute approximate surface area is 124 Å². The predicted molar refractivity (Wildman–Crippen MR) is 78.4 cm³/mol. The first-order chi connectivity index (χ1) is 10.2. The fourth-order valence-electron chi connectivity index (χ4n) is 2.31. The first-order valence-electron chi connectivity index (χ1n) is 6.32. The summed E-state index contributed by atoms with van der Waals surface area (Å²) in [5, 5.41) is 9.29. The summed E-state index contributed by atoms with van der Waals surface area (Å²) < 4.78 is 4.86. The second-order valence-corrected chi connectivity index (χ2v) is 5.68. The van der Waals surface area contributed by atoms with Gasteiger partial charge in [0.2, 0.25) is 6.41 Å². The summed E-state index contributed by atoms with van der Waals surface area (Å²) in [5.74, 6) is 1.06. The zero-order valence-electron chi connectivity index (χ0n) is 10.9. The third-order valence-corrected chi connectivity index (χ3v) is 4.46. The van der Waals surface area contributed by atoms with E-state index in [1.54, 1.807) is 40.9 Å². The Morgan fingerprint density at radius 1 is 1.48 bits per heavy atom. The van der Waals surface area contributed by atoms with Crippen molar-refractivity contribution in [3.05, 3.63) is 36.0 Å². The summed E-state index contributed by atoms with van der Waals surface area (Å²) >= 11 is 1.59. The minimum Gasteiger partial charge on any atom is -0.449 e. The van der Waals surface area contributed by atoms with Gasteiger partial charge in [-0.3, -0.25) is 4.79 Å². The number of rotatable bonds is 3. The van der Waals surface area contributed by atoms with Gasteiger partial charge in [-0.1, -0.05) is 12.1 Å². The third kappa shape index (κ3) is 2.64. The summed E-state index contributed by atoms with van der Waals surface area (Å²) in [4.78, 5) is 28.1. The number of carbonyl (C=O) groups is 2. The Morgan fingerprint density at radius 2 is 2.29 bits per heavy atom. The van der Waals surface area contributed by atoms with E-state index in [4.69, 9.17) is 9.84 Å². The molecule has 1 aliphatic rings. The first-order valence-corrected chi connectivity index (χ1v) is 7.37. The number of fused-ring (bicyclic) bond motifs is 1. The number of thioether (sulfide) groups is 1. The van der Waals surface area contributed by atoms with E-state index in [0.29, 0.717) is 23.1 Å². The number of benzene rings is 1. The molecule has 1 atom stereocenters. The van der Waals surface area contributed by atoms with Crippen molar-refractivity contribution in [2.24, 2.45) is 0 Å². The van der Waals surface area contributed by atoms with E-state index in [2.05, 4.69) is 4.98 Å². The van der Waals surface area contributed by atoms with Gasteiger partial charge in [0, 0.05) is 23.8 Å². The molecule has 0 saturated carbocycles. The molecule has 1 N–H and O–H groups in total. The number of ether oxygens (including phenoxy) is 1. The SMILES string of the molecule is O=CN1CCSC1c1cc(OC(=O)O)c2ccccc2n1. The van der Waals surface area contributed by atoms with Crippen LogP contribution >= 0.6 is 11.8 Å². The molecular formula is C14H12N2O4S. The number of aromatic nitrogens is 1. The molecule has 2 aromatic rings. The molecule has 21 heavy (non-hydrogen) atoms. The zero-order chi connectivity index (χ0) is 14.8. The molecule has 7 heteroatoms. The molecule has 1 aliphatic heterocycles. The Kier molecular flexibility index (Phi) is 3.66. The van der Waals surface area contributed by atoms with Crippen LogP contribution < -0.4 is 4.74 Å². The van der Waals surface area contributed by atoms with Crippen LogP contribution in [0.1, 0.15) is 11.1 Å². The Hall–Kier alpha value is -2.28. The average molecular weight is 304 g/mol. The molecule has 0 radical (unpaired) electrons. The van der Waals surface area contributed by atoms with E-state index in [0.717, 1.165) is 12.2 Å². The molecule has 3 rings (SSSR count). The number of nitrogens with zero attached hydrogens (tertiary/aromatic N) is 2. The lowest BCUT2D eigenvalue weighted by Gasteiger charge is -2.19. The van der Waals surface area contributed by atoms with Crippen molar-refractivity contribution in [3.63, 3.8) is 0 Å². The molecule has 1 amide bonds. The number of amides is 1. The summed E-state index contributed by atoms with van der Waals surface area (Å²) in [5.41, 5.74) is 1.27. The van der Waals surface area contributed by atoms with Gasteiger partial charge in [0.15, 0.2) is 0 Å². The molecule has 1 fully saturated rings. The van der Waals surface area contributed by atoms with Gasteiger partial charge >= 0.3 is 6.16 Å². The second kappa shape index (κ2) is 5.61. The minimum absolute atomic E-state index is 0.205. The Bertz CT molecular complexity index is 706. The number of carbonyl (C=O) groups excluding carboxylic acids is 1. The van der Waals surface area contributed by atoms with Crippen LogP contribution in [0.25, 0.3) is 10.9 Å². The summed E-state index contributed by atoms with van der Waals surface area (Å²) in [6, 6.07) is 8.75. The normalized spacial score (nSPS) is 17.9. The van der Waals surface area contributed by atoms with E-state index >= 15 is 0 Å². The van der Waals surface area contributed by atoms with Crippen LogP contribution in [0.15, 0.2) is 30.3 Å². The highest BCUT2D eigenvalue weighted by atomic mass is 32.2. The topological polar surface area (TPSA) is 79.7 Å². The number of pyridine rings is 1. The molecule has 1 aromatic carbocycles. The number of carboxylic acid groups (broad SMARTS) is 1. The van der Waals surface area contributed by atoms with Crippen molar-refractivity contribution in [3.8, 4) is 5.75 Å². The molecular weight excluding hydrogens is 292 g/mol. The van der Waals surface area contributed by atoms with Crippen molar-refractivity contribution in [1.82, 2.24) is 9.88 Å². The van der Waals surface area contributed by atoms with Crippen LogP contribution in [0.4, 0.5) is 4.79 Å². The fraction of sp³-hybridized carbons (Fsp3) is 0.214. The van der Waals surface area contributed by atoms with E-state index < -0.39 is 6.16 Å². The van der Waals surface area contributed by atoms with Gasteiger partial charge in [-0.05, 0) is 12.1 Å². The van der Waals surface area contributed by atoms with Gasteiger partial charge < -0.3 is 14.7 Å². The Balaban J connectivity index is 2.11. The maximum Gasteiger partial charge on any atom is 0.511 e. The lowest BCUT2D eigenvalue weighted by Crippen LogP contribution is -2.21. The Morgan fingerprint density at radius 3 is 3.05 bits per heavy atom. The molecule has 1 saturated heterocycles. The highest BCUT2D eigenvalue weighted by molar-refractivity contribution is 7.99. The second-order valence-electron chi connectivity index (χ2n) is 4.50. The zero-order valence-corrected chi connectivity index (χ0v) is 11.7. The van der Waals surface area contributed by atoms with E-state index in [1.807, 2.05) is 6.07 Å². The fourth-order valence-corrected chi connectivity index (χ4v) is 3.49. The van der Waals surface area contributed by atoms with Crippen LogP contribution in [0.3, 0.4) is 0 Å². The van der Waals surface area contributed by atoms with Gasteiger partial charge in [-0.15, -0.1) is 11.8 Å². The quantitative estimate of drug-likeness (QED) is 0.693. The van der Waals surface area contributed by atoms with E-state index in [1.165, 1.54) is 0 Å². The molecule has 6 nitrogen and oxygen atoms in total. The van der Waals surface area contributed by atoms with Gasteiger partial charge in [-0.25, -0.2) is 9.78 Å². The van der Waals surface area contributed by atoms with Crippen LogP contribution in [0, 0.1) is 0 Å². The summed E-state index contributed by atoms with van der Waals surface area (Å²) in [6.07, 6.45) is -0.581. The van der Waals surface area contributed by atoms with Crippen LogP contribution in [0.5, 0.6) is 5.75 Å². The number of hydrogen-bond donors (Lipinski definition) is 1. The highest BCUT2D eigenvalue weighted by Crippen LogP contribution is 2.38. The monoisotopic (exact) mass is 304 g/mol.